The molecule has 0 unspecified atom stereocenters. The van der Waals surface area contributed by atoms with Crippen LogP contribution in [-0.4, -0.2) is 59.6 Å². The van der Waals surface area contributed by atoms with Crippen molar-refractivity contribution in [2.45, 2.75) is 32.2 Å². The molecule has 1 aromatic rings. The second kappa shape index (κ2) is 9.61. The highest BCUT2D eigenvalue weighted by atomic mass is 32.2. The number of ether oxygens (including phenoxy) is 1. The molecule has 0 saturated carbocycles. The molecule has 7 heteroatoms. The Balaban J connectivity index is 1.84. The number of benzene rings is 1. The van der Waals surface area contributed by atoms with Crippen molar-refractivity contribution >= 4 is 29.5 Å². The van der Waals surface area contributed by atoms with E-state index in [9.17, 15) is 13.6 Å². The molecule has 0 N–H and O–H groups in total. The van der Waals surface area contributed by atoms with E-state index in [-0.39, 0.29) is 12.4 Å². The highest BCUT2D eigenvalue weighted by molar-refractivity contribution is 8.03. The lowest BCUT2D eigenvalue weighted by Gasteiger charge is -2.44. The molecule has 2 aliphatic heterocycles. The summed E-state index contributed by atoms with van der Waals surface area (Å²) in [6, 6.07) is 4.04. The Morgan fingerprint density at radius 3 is 2.70 bits per heavy atom. The molecule has 3 rings (SSSR count). The van der Waals surface area contributed by atoms with Crippen molar-refractivity contribution in [1.82, 2.24) is 4.90 Å². The minimum atomic E-state index is -0.769. The average molecular weight is 416 g/mol. The summed E-state index contributed by atoms with van der Waals surface area (Å²) in [5.41, 5.74) is -0.384. The molecule has 2 fully saturated rings. The standard InChI is InChI=1S/C20H27F2NO2S2/c1-2-25-19(24)20(11-15-4-5-16(21)10-18(15)22)6-3-7-23(14-20)17-12-26-8-9-27-13-17/h4-5,10,17H,2-3,6-9,11-14H2,1H3/t20-/m1/s1. The lowest BCUT2D eigenvalue weighted by atomic mass is 9.74. The first-order valence-electron chi connectivity index (χ1n) is 9.55. The number of thioether (sulfide) groups is 2. The van der Waals surface area contributed by atoms with Crippen LogP contribution in [0.15, 0.2) is 18.2 Å². The number of rotatable bonds is 5. The Hall–Kier alpha value is -0.790. The third kappa shape index (κ3) is 5.18. The summed E-state index contributed by atoms with van der Waals surface area (Å²) >= 11 is 3.93. The quantitative estimate of drug-likeness (QED) is 0.678. The molecule has 0 aliphatic carbocycles. The maximum atomic E-state index is 14.3. The minimum absolute atomic E-state index is 0.251. The van der Waals surface area contributed by atoms with E-state index >= 15 is 0 Å². The van der Waals surface area contributed by atoms with E-state index in [1.165, 1.54) is 23.6 Å². The summed E-state index contributed by atoms with van der Waals surface area (Å²) in [4.78, 5) is 15.3. The summed E-state index contributed by atoms with van der Waals surface area (Å²) in [5, 5.41) is 0. The van der Waals surface area contributed by atoms with Gasteiger partial charge in [-0.15, -0.1) is 0 Å². The molecule has 0 aromatic heterocycles. The Labute approximate surface area is 168 Å². The largest absolute Gasteiger partial charge is 0.466 e. The zero-order chi connectivity index (χ0) is 19.3. The van der Waals surface area contributed by atoms with Gasteiger partial charge in [0.15, 0.2) is 0 Å². The summed E-state index contributed by atoms with van der Waals surface area (Å²) in [6.07, 6.45) is 1.81. The fourth-order valence-electron chi connectivity index (χ4n) is 3.99. The number of carbonyl (C=O) groups is 1. The van der Waals surface area contributed by atoms with Crippen molar-refractivity contribution in [3.8, 4) is 0 Å². The molecule has 0 spiro atoms. The second-order valence-electron chi connectivity index (χ2n) is 7.29. The van der Waals surface area contributed by atoms with Gasteiger partial charge in [-0.05, 0) is 44.4 Å². The van der Waals surface area contributed by atoms with Gasteiger partial charge >= 0.3 is 5.97 Å². The van der Waals surface area contributed by atoms with Crippen LogP contribution >= 0.6 is 23.5 Å². The lowest BCUT2D eigenvalue weighted by Crippen LogP contribution is -2.54. The van der Waals surface area contributed by atoms with E-state index in [2.05, 4.69) is 4.90 Å². The molecule has 2 heterocycles. The van der Waals surface area contributed by atoms with Gasteiger partial charge in [-0.1, -0.05) is 6.07 Å². The summed E-state index contributed by atoms with van der Waals surface area (Å²) in [6.45, 7) is 3.64. The topological polar surface area (TPSA) is 29.5 Å². The van der Waals surface area contributed by atoms with Crippen LogP contribution in [0.5, 0.6) is 0 Å². The number of esters is 1. The number of carbonyl (C=O) groups excluding carboxylic acids is 1. The second-order valence-corrected chi connectivity index (χ2v) is 9.59. The fourth-order valence-corrected chi connectivity index (χ4v) is 6.62. The van der Waals surface area contributed by atoms with Crippen molar-refractivity contribution in [3.63, 3.8) is 0 Å². The van der Waals surface area contributed by atoms with Crippen LogP contribution < -0.4 is 0 Å². The first-order valence-corrected chi connectivity index (χ1v) is 11.9. The Morgan fingerprint density at radius 1 is 1.30 bits per heavy atom. The Bertz CT molecular complexity index is 653. The van der Waals surface area contributed by atoms with Crippen molar-refractivity contribution in [3.05, 3.63) is 35.4 Å². The zero-order valence-electron chi connectivity index (χ0n) is 15.7. The summed E-state index contributed by atoms with van der Waals surface area (Å²) in [7, 11) is 0. The predicted molar refractivity (Wildman–Crippen MR) is 108 cm³/mol. The maximum Gasteiger partial charge on any atom is 0.313 e. The molecule has 0 radical (unpaired) electrons. The molecule has 150 valence electrons. The van der Waals surface area contributed by atoms with Gasteiger partial charge in [0, 0.05) is 41.7 Å². The molecule has 3 nitrogen and oxygen atoms in total. The third-order valence-electron chi connectivity index (χ3n) is 5.37. The van der Waals surface area contributed by atoms with E-state index in [4.69, 9.17) is 4.74 Å². The summed E-state index contributed by atoms with van der Waals surface area (Å²) in [5.74, 6) is 3.02. The van der Waals surface area contributed by atoms with Crippen LogP contribution in [0.3, 0.4) is 0 Å². The predicted octanol–water partition coefficient (Wildman–Crippen LogP) is 4.00. The summed E-state index contributed by atoms with van der Waals surface area (Å²) < 4.78 is 33.0. The normalized spacial score (nSPS) is 25.1. The van der Waals surface area contributed by atoms with Crippen LogP contribution in [-0.2, 0) is 16.0 Å². The van der Waals surface area contributed by atoms with Gasteiger partial charge in [-0.3, -0.25) is 9.69 Å². The fraction of sp³-hybridized carbons (Fsp3) is 0.650. The van der Waals surface area contributed by atoms with Crippen LogP contribution in [0.4, 0.5) is 8.78 Å². The van der Waals surface area contributed by atoms with Crippen LogP contribution in [0, 0.1) is 17.0 Å². The SMILES string of the molecule is CCOC(=O)[C@@]1(Cc2ccc(F)cc2F)CCCN(C2CSCCSC2)C1. The van der Waals surface area contributed by atoms with Gasteiger partial charge in [-0.2, -0.15) is 23.5 Å². The van der Waals surface area contributed by atoms with E-state index in [1.54, 1.807) is 6.92 Å². The monoisotopic (exact) mass is 415 g/mol. The number of hydrogen-bond acceptors (Lipinski definition) is 5. The van der Waals surface area contributed by atoms with Gasteiger partial charge in [0.1, 0.15) is 11.6 Å². The van der Waals surface area contributed by atoms with Crippen LogP contribution in [0.2, 0.25) is 0 Å². The smallest absolute Gasteiger partial charge is 0.313 e. The Kier molecular flexibility index (Phi) is 7.45. The van der Waals surface area contributed by atoms with Gasteiger partial charge in [0.05, 0.1) is 12.0 Å². The van der Waals surface area contributed by atoms with Crippen molar-refractivity contribution in [2.24, 2.45) is 5.41 Å². The van der Waals surface area contributed by atoms with E-state index in [1.807, 2.05) is 23.5 Å². The van der Waals surface area contributed by atoms with Crippen LogP contribution in [0.1, 0.15) is 25.3 Å². The van der Waals surface area contributed by atoms with Crippen molar-refractivity contribution in [1.29, 1.82) is 0 Å². The number of piperidine rings is 1. The molecule has 0 amide bonds. The number of likely N-dealkylation sites (tertiary alicyclic amines) is 1. The van der Waals surface area contributed by atoms with Crippen LogP contribution in [0.25, 0.3) is 0 Å². The molecule has 27 heavy (non-hydrogen) atoms. The van der Waals surface area contributed by atoms with E-state index < -0.39 is 17.0 Å². The first kappa shape index (κ1) is 20.9. The van der Waals surface area contributed by atoms with Gasteiger partial charge < -0.3 is 4.74 Å². The van der Waals surface area contributed by atoms with Gasteiger partial charge in [0.2, 0.25) is 0 Å². The highest BCUT2D eigenvalue weighted by Crippen LogP contribution is 2.38. The molecule has 2 aliphatic rings. The Morgan fingerprint density at radius 2 is 2.04 bits per heavy atom. The van der Waals surface area contributed by atoms with Crippen molar-refractivity contribution < 1.29 is 18.3 Å². The lowest BCUT2D eigenvalue weighted by molar-refractivity contribution is -0.159. The number of hydrogen-bond donors (Lipinski definition) is 0. The average Bonchev–Trinajstić information content (AvgIpc) is 2.94. The maximum absolute atomic E-state index is 14.3. The molecule has 1 aromatic carbocycles. The molecular weight excluding hydrogens is 388 g/mol. The van der Waals surface area contributed by atoms with E-state index in [0.717, 1.165) is 30.5 Å². The highest BCUT2D eigenvalue weighted by Gasteiger charge is 2.45. The first-order chi connectivity index (χ1) is 13.0. The number of nitrogens with zero attached hydrogens (tertiary/aromatic N) is 1. The zero-order valence-corrected chi connectivity index (χ0v) is 17.3. The number of halogens is 2. The molecule has 1 atom stereocenters. The van der Waals surface area contributed by atoms with Gasteiger partial charge in [-0.25, -0.2) is 8.78 Å². The molecular formula is C20H27F2NO2S2. The molecule has 2 saturated heterocycles. The van der Waals surface area contributed by atoms with Crippen molar-refractivity contribution in [2.75, 3.05) is 42.7 Å². The molecule has 0 bridgehead atoms. The van der Waals surface area contributed by atoms with E-state index in [0.29, 0.717) is 31.2 Å². The third-order valence-corrected chi connectivity index (χ3v) is 7.85. The minimum Gasteiger partial charge on any atom is -0.466 e. The van der Waals surface area contributed by atoms with Gasteiger partial charge in [0.25, 0.3) is 0 Å².